The van der Waals surface area contributed by atoms with Crippen LogP contribution in [0.5, 0.6) is 0 Å². The van der Waals surface area contributed by atoms with Crippen LogP contribution in [0.15, 0.2) is 48.1 Å². The second-order valence-corrected chi connectivity index (χ2v) is 6.08. The quantitative estimate of drug-likeness (QED) is 0.744. The molecule has 2 amide bonds. The number of urea groups is 1. The minimum absolute atomic E-state index is 0.201. The van der Waals surface area contributed by atoms with Gasteiger partial charge in [-0.15, -0.1) is 11.3 Å². The highest BCUT2D eigenvalue weighted by atomic mass is 32.1. The van der Waals surface area contributed by atoms with E-state index in [-0.39, 0.29) is 24.4 Å². The number of nitrogens with zero attached hydrogens (tertiary/aromatic N) is 3. The normalized spacial score (nSPS) is 11.9. The molecule has 24 heavy (non-hydrogen) atoms. The number of halogens is 1. The van der Waals surface area contributed by atoms with E-state index >= 15 is 0 Å². The van der Waals surface area contributed by atoms with Gasteiger partial charge in [-0.2, -0.15) is 5.10 Å². The van der Waals surface area contributed by atoms with Crippen molar-refractivity contribution in [3.63, 3.8) is 0 Å². The number of nitrogens with one attached hydrogen (secondary N) is 2. The highest BCUT2D eigenvalue weighted by molar-refractivity contribution is 7.09. The Morgan fingerprint density at radius 3 is 2.92 bits per heavy atom. The number of carbonyl (C=O) groups is 1. The summed E-state index contributed by atoms with van der Waals surface area (Å²) in [5.41, 5.74) is 0.501. The lowest BCUT2D eigenvalue weighted by Crippen LogP contribution is -2.32. The second kappa shape index (κ2) is 7.22. The zero-order valence-electron chi connectivity index (χ0n) is 12.9. The maximum absolute atomic E-state index is 13.8. The molecule has 1 aromatic carbocycles. The van der Waals surface area contributed by atoms with Gasteiger partial charge in [0.25, 0.3) is 0 Å². The minimum Gasteiger partial charge on any atom is -0.329 e. The van der Waals surface area contributed by atoms with Crippen molar-refractivity contribution in [1.29, 1.82) is 0 Å². The van der Waals surface area contributed by atoms with Crippen LogP contribution in [-0.2, 0) is 6.54 Å². The summed E-state index contributed by atoms with van der Waals surface area (Å²) in [6.07, 6.45) is 3.25. The molecule has 0 unspecified atom stereocenters. The number of hydrogen-bond acceptors (Lipinski definition) is 4. The van der Waals surface area contributed by atoms with E-state index in [0.29, 0.717) is 11.4 Å². The fraction of sp³-hybridized carbons (Fsp3) is 0.188. The van der Waals surface area contributed by atoms with E-state index in [1.54, 1.807) is 36.7 Å². The van der Waals surface area contributed by atoms with E-state index in [2.05, 4.69) is 20.7 Å². The Morgan fingerprint density at radius 1 is 1.33 bits per heavy atom. The van der Waals surface area contributed by atoms with Crippen LogP contribution in [0, 0.1) is 5.82 Å². The number of anilines is 1. The van der Waals surface area contributed by atoms with E-state index in [9.17, 15) is 9.18 Å². The molecule has 2 aromatic heterocycles. The lowest BCUT2D eigenvalue weighted by Gasteiger charge is -2.13. The van der Waals surface area contributed by atoms with Gasteiger partial charge in [-0.3, -0.25) is 5.32 Å². The molecule has 0 saturated carbocycles. The van der Waals surface area contributed by atoms with Crippen LogP contribution in [0.3, 0.4) is 0 Å². The molecule has 0 spiro atoms. The first-order valence-electron chi connectivity index (χ1n) is 7.35. The van der Waals surface area contributed by atoms with Crippen molar-refractivity contribution in [2.24, 2.45) is 0 Å². The van der Waals surface area contributed by atoms with Gasteiger partial charge < -0.3 is 5.32 Å². The van der Waals surface area contributed by atoms with E-state index < -0.39 is 0 Å². The number of amides is 2. The first-order chi connectivity index (χ1) is 11.6. The van der Waals surface area contributed by atoms with Crippen molar-refractivity contribution in [3.8, 4) is 0 Å². The number of rotatable bonds is 5. The van der Waals surface area contributed by atoms with Gasteiger partial charge in [-0.25, -0.2) is 18.9 Å². The van der Waals surface area contributed by atoms with Crippen LogP contribution in [0.4, 0.5) is 15.0 Å². The average Bonchev–Trinajstić information content (AvgIpc) is 3.22. The van der Waals surface area contributed by atoms with Crippen molar-refractivity contribution in [3.05, 3.63) is 64.5 Å². The molecule has 0 radical (unpaired) electrons. The van der Waals surface area contributed by atoms with Crippen LogP contribution in [0.2, 0.25) is 0 Å². The summed E-state index contributed by atoms with van der Waals surface area (Å²) in [5.74, 6) is 0.183. The van der Waals surface area contributed by atoms with Gasteiger partial charge >= 0.3 is 6.03 Å². The molecule has 1 atom stereocenters. The van der Waals surface area contributed by atoms with Gasteiger partial charge in [0.05, 0.1) is 18.8 Å². The molecule has 0 fully saturated rings. The molecule has 2 heterocycles. The fourth-order valence-electron chi connectivity index (χ4n) is 2.21. The molecular formula is C16H16FN5OS. The maximum atomic E-state index is 13.8. The minimum atomic E-state index is -0.368. The lowest BCUT2D eigenvalue weighted by molar-refractivity contribution is 0.249. The molecule has 6 nitrogen and oxygen atoms in total. The van der Waals surface area contributed by atoms with Gasteiger partial charge in [0.2, 0.25) is 0 Å². The van der Waals surface area contributed by atoms with E-state index in [0.717, 1.165) is 5.01 Å². The van der Waals surface area contributed by atoms with Crippen LogP contribution >= 0.6 is 11.3 Å². The number of aromatic nitrogens is 3. The van der Waals surface area contributed by atoms with Crippen molar-refractivity contribution in [2.75, 3.05) is 5.32 Å². The highest BCUT2D eigenvalue weighted by Crippen LogP contribution is 2.16. The molecule has 0 aliphatic carbocycles. The lowest BCUT2D eigenvalue weighted by atomic mass is 10.2. The standard InChI is InChI=1S/C16H16FN5OS/c1-11(15-18-8-9-24-15)20-16(23)21-14-6-7-19-22(14)10-12-4-2-3-5-13(12)17/h2-9,11H,10H2,1H3,(H2,20,21,23)/t11-/m0/s1. The summed E-state index contributed by atoms with van der Waals surface area (Å²) in [5, 5.41) is 12.3. The van der Waals surface area contributed by atoms with Crippen LogP contribution < -0.4 is 10.6 Å². The number of thiazole rings is 1. The van der Waals surface area contributed by atoms with E-state index in [1.165, 1.54) is 22.1 Å². The Balaban J connectivity index is 1.65. The van der Waals surface area contributed by atoms with Crippen LogP contribution in [-0.4, -0.2) is 20.8 Å². The van der Waals surface area contributed by atoms with Gasteiger partial charge in [0, 0.05) is 23.2 Å². The summed E-state index contributed by atoms with van der Waals surface area (Å²) in [4.78, 5) is 16.3. The van der Waals surface area contributed by atoms with Gasteiger partial charge in [0.15, 0.2) is 0 Å². The summed E-state index contributed by atoms with van der Waals surface area (Å²) in [6, 6.07) is 7.57. The topological polar surface area (TPSA) is 71.8 Å². The first-order valence-corrected chi connectivity index (χ1v) is 8.23. The number of benzene rings is 1. The average molecular weight is 345 g/mol. The Bertz CT molecular complexity index is 818. The molecule has 0 aliphatic heterocycles. The molecule has 0 aliphatic rings. The third-order valence-corrected chi connectivity index (χ3v) is 4.36. The molecule has 3 aromatic rings. The van der Waals surface area contributed by atoms with Crippen molar-refractivity contribution >= 4 is 23.2 Å². The third kappa shape index (κ3) is 3.77. The Morgan fingerprint density at radius 2 is 2.17 bits per heavy atom. The van der Waals surface area contributed by atoms with E-state index in [4.69, 9.17) is 0 Å². The maximum Gasteiger partial charge on any atom is 0.320 e. The van der Waals surface area contributed by atoms with Gasteiger partial charge in [-0.05, 0) is 13.0 Å². The van der Waals surface area contributed by atoms with Crippen molar-refractivity contribution in [2.45, 2.75) is 19.5 Å². The third-order valence-electron chi connectivity index (χ3n) is 3.41. The second-order valence-electron chi connectivity index (χ2n) is 5.16. The fourth-order valence-corrected chi connectivity index (χ4v) is 2.86. The molecule has 0 saturated heterocycles. The Labute approximate surface area is 142 Å². The molecule has 2 N–H and O–H groups in total. The molecular weight excluding hydrogens is 329 g/mol. The Hall–Kier alpha value is -2.74. The summed E-state index contributed by atoms with van der Waals surface area (Å²) in [7, 11) is 0. The number of hydrogen-bond donors (Lipinski definition) is 2. The zero-order chi connectivity index (χ0) is 16.9. The highest BCUT2D eigenvalue weighted by Gasteiger charge is 2.14. The first kappa shape index (κ1) is 16.1. The van der Waals surface area contributed by atoms with Crippen molar-refractivity contribution in [1.82, 2.24) is 20.1 Å². The number of carbonyl (C=O) groups excluding carboxylic acids is 1. The summed E-state index contributed by atoms with van der Waals surface area (Å²) < 4.78 is 15.3. The van der Waals surface area contributed by atoms with Crippen molar-refractivity contribution < 1.29 is 9.18 Å². The largest absolute Gasteiger partial charge is 0.329 e. The van der Waals surface area contributed by atoms with Crippen LogP contribution in [0.25, 0.3) is 0 Å². The Kier molecular flexibility index (Phi) is 4.85. The molecule has 124 valence electrons. The summed E-state index contributed by atoms with van der Waals surface area (Å²) in [6.45, 7) is 2.09. The van der Waals surface area contributed by atoms with Gasteiger partial charge in [0.1, 0.15) is 16.6 Å². The van der Waals surface area contributed by atoms with Crippen LogP contribution in [0.1, 0.15) is 23.5 Å². The molecule has 8 heteroatoms. The predicted octanol–water partition coefficient (Wildman–Crippen LogP) is 3.41. The van der Waals surface area contributed by atoms with E-state index in [1.807, 2.05) is 12.3 Å². The molecule has 3 rings (SSSR count). The SMILES string of the molecule is C[C@H](NC(=O)Nc1ccnn1Cc1ccccc1F)c1nccs1. The summed E-state index contributed by atoms with van der Waals surface area (Å²) >= 11 is 1.47. The zero-order valence-corrected chi connectivity index (χ0v) is 13.8. The molecule has 0 bridgehead atoms. The monoisotopic (exact) mass is 345 g/mol. The smallest absolute Gasteiger partial charge is 0.320 e. The van der Waals surface area contributed by atoms with Gasteiger partial charge in [-0.1, -0.05) is 18.2 Å². The predicted molar refractivity (Wildman–Crippen MR) is 90.4 cm³/mol.